The molecular weight excluding hydrogens is 430 g/mol. The van der Waals surface area contributed by atoms with Crippen LogP contribution in [0, 0.1) is 6.92 Å². The molecule has 0 aliphatic carbocycles. The van der Waals surface area contributed by atoms with Crippen molar-refractivity contribution in [3.05, 3.63) is 130 Å². The van der Waals surface area contributed by atoms with E-state index in [0.29, 0.717) is 17.8 Å². The normalized spacial score (nSPS) is 12.4. The average Bonchev–Trinajstić information content (AvgIpc) is 3.21. The zero-order valence-corrected chi connectivity index (χ0v) is 20.0. The first-order valence-electron chi connectivity index (χ1n) is 11.7. The van der Waals surface area contributed by atoms with E-state index >= 15 is 0 Å². The van der Waals surface area contributed by atoms with Crippen molar-refractivity contribution < 1.29 is 0 Å². The van der Waals surface area contributed by atoms with Crippen LogP contribution >= 0.6 is 0 Å². The summed E-state index contributed by atoms with van der Waals surface area (Å²) in [5.74, 6) is 0. The number of allylic oxidation sites excluding steroid dienone is 1. The number of aromatic nitrogens is 3. The van der Waals surface area contributed by atoms with Gasteiger partial charge in [-0.2, -0.15) is 9.78 Å². The first-order valence-corrected chi connectivity index (χ1v) is 11.7. The maximum absolute atomic E-state index is 13.4. The Morgan fingerprint density at radius 3 is 2.37 bits per heavy atom. The van der Waals surface area contributed by atoms with Crippen LogP contribution in [-0.4, -0.2) is 14.3 Å². The van der Waals surface area contributed by atoms with Crippen molar-refractivity contribution in [2.24, 2.45) is 0 Å². The number of benzene rings is 3. The van der Waals surface area contributed by atoms with Gasteiger partial charge >= 0.3 is 0 Å². The fraction of sp³-hybridized carbons (Fsp3) is 0.0968. The second-order valence-electron chi connectivity index (χ2n) is 8.63. The summed E-state index contributed by atoms with van der Waals surface area (Å²) in [6, 6.07) is 26.7. The molecule has 0 bridgehead atoms. The molecule has 35 heavy (non-hydrogen) atoms. The van der Waals surface area contributed by atoms with Crippen molar-refractivity contribution in [3.8, 4) is 28.1 Å². The van der Waals surface area contributed by atoms with Gasteiger partial charge in [-0.15, -0.1) is 0 Å². The molecule has 0 amide bonds. The zero-order valence-electron chi connectivity index (χ0n) is 20.0. The minimum atomic E-state index is -0.118. The minimum Gasteiger partial charge on any atom is -0.342 e. The topological polar surface area (TPSA) is 39.8 Å². The third-order valence-electron chi connectivity index (χ3n) is 6.23. The number of fused-ring (bicyclic) bond motifs is 1. The van der Waals surface area contributed by atoms with Gasteiger partial charge in [0, 0.05) is 18.0 Å². The molecule has 0 fully saturated rings. The number of hydrogen-bond acceptors (Lipinski definition) is 2. The van der Waals surface area contributed by atoms with Gasteiger partial charge < -0.3 is 4.57 Å². The highest BCUT2D eigenvalue weighted by molar-refractivity contribution is 5.64. The fourth-order valence-corrected chi connectivity index (χ4v) is 4.51. The molecule has 3 aromatic carbocycles. The molecule has 4 nitrogen and oxygen atoms in total. The predicted octanol–water partition coefficient (Wildman–Crippen LogP) is 4.93. The Labute approximate surface area is 204 Å². The van der Waals surface area contributed by atoms with E-state index in [0.717, 1.165) is 27.4 Å². The Bertz CT molecular complexity index is 1660. The molecule has 0 saturated heterocycles. The molecule has 4 heteroatoms. The van der Waals surface area contributed by atoms with Crippen LogP contribution in [0.3, 0.4) is 0 Å². The van der Waals surface area contributed by atoms with Crippen LogP contribution in [0.4, 0.5) is 0 Å². The number of rotatable bonds is 5. The second-order valence-corrected chi connectivity index (χ2v) is 8.63. The first-order chi connectivity index (χ1) is 17.1. The van der Waals surface area contributed by atoms with E-state index in [9.17, 15) is 4.79 Å². The molecule has 0 spiro atoms. The lowest BCUT2D eigenvalue weighted by molar-refractivity contribution is 0.758. The largest absolute Gasteiger partial charge is 0.342 e. The summed E-state index contributed by atoms with van der Waals surface area (Å²) in [5.41, 5.74) is 6.54. The van der Waals surface area contributed by atoms with Crippen molar-refractivity contribution in [3.63, 3.8) is 0 Å². The Balaban J connectivity index is 1.64. The second kappa shape index (κ2) is 9.43. The van der Waals surface area contributed by atoms with Gasteiger partial charge in [-0.3, -0.25) is 4.79 Å². The molecule has 2 aliphatic heterocycles. The summed E-state index contributed by atoms with van der Waals surface area (Å²) in [5, 5.41) is 6.63. The van der Waals surface area contributed by atoms with E-state index in [1.807, 2.05) is 74.7 Å². The molecule has 0 aromatic heterocycles. The third-order valence-corrected chi connectivity index (χ3v) is 6.23. The first kappa shape index (κ1) is 22.4. The molecule has 172 valence electrons. The van der Waals surface area contributed by atoms with Gasteiger partial charge in [-0.1, -0.05) is 85.5 Å². The summed E-state index contributed by atoms with van der Waals surface area (Å²) >= 11 is 0. The van der Waals surface area contributed by atoms with Crippen molar-refractivity contribution in [2.45, 2.75) is 20.4 Å². The monoisotopic (exact) mass is 457 g/mol. The quantitative estimate of drug-likeness (QED) is 0.375. The van der Waals surface area contributed by atoms with Crippen LogP contribution in [-0.2, 0) is 6.54 Å². The SMILES string of the molecule is C=CC=c1c(=CC)c2nn(-c3cccc(C)c3)c(=O)c-2cn1Cc1ccc(-c2ccccc2)cc1. The molecular formula is C31H27N3O. The van der Waals surface area contributed by atoms with Crippen LogP contribution in [0.25, 0.3) is 40.2 Å². The zero-order chi connectivity index (χ0) is 24.4. The molecule has 0 saturated carbocycles. The van der Waals surface area contributed by atoms with E-state index in [2.05, 4.69) is 47.5 Å². The predicted molar refractivity (Wildman–Crippen MR) is 144 cm³/mol. The lowest BCUT2D eigenvalue weighted by atomic mass is 10.0. The standard InChI is InChI=1S/C31H27N3O/c1-4-10-29-27(5-2)30-28(31(35)34(32-30)26-14-9-11-22(3)19-26)21-33(29)20-23-15-17-25(18-16-23)24-12-7-6-8-13-24/h4-19,21H,1,20H2,2-3H3. The van der Waals surface area contributed by atoms with Gasteiger partial charge in [0.25, 0.3) is 5.56 Å². The highest BCUT2D eigenvalue weighted by Gasteiger charge is 2.19. The maximum atomic E-state index is 13.4. The smallest absolute Gasteiger partial charge is 0.282 e. The Kier molecular flexibility index (Phi) is 6.02. The van der Waals surface area contributed by atoms with Crippen LogP contribution in [0.1, 0.15) is 18.1 Å². The lowest BCUT2D eigenvalue weighted by Crippen LogP contribution is -2.38. The fourth-order valence-electron chi connectivity index (χ4n) is 4.51. The van der Waals surface area contributed by atoms with Crippen molar-refractivity contribution in [1.29, 1.82) is 0 Å². The van der Waals surface area contributed by atoms with E-state index in [1.165, 1.54) is 15.8 Å². The van der Waals surface area contributed by atoms with Crippen molar-refractivity contribution >= 4 is 12.2 Å². The van der Waals surface area contributed by atoms with Crippen molar-refractivity contribution in [1.82, 2.24) is 14.3 Å². The summed E-state index contributed by atoms with van der Waals surface area (Å²) in [6.07, 6.45) is 7.69. The van der Waals surface area contributed by atoms with Crippen LogP contribution in [0.2, 0.25) is 0 Å². The highest BCUT2D eigenvalue weighted by atomic mass is 16.1. The lowest BCUT2D eigenvalue weighted by Gasteiger charge is -2.12. The van der Waals surface area contributed by atoms with Crippen molar-refractivity contribution in [2.75, 3.05) is 0 Å². The van der Waals surface area contributed by atoms with Gasteiger partial charge in [-0.05, 0) is 54.3 Å². The van der Waals surface area contributed by atoms with Crippen LogP contribution in [0.5, 0.6) is 0 Å². The number of pyridine rings is 1. The summed E-state index contributed by atoms with van der Waals surface area (Å²) in [4.78, 5) is 13.4. The minimum absolute atomic E-state index is 0.118. The highest BCUT2D eigenvalue weighted by Crippen LogP contribution is 2.20. The Morgan fingerprint density at radius 2 is 1.69 bits per heavy atom. The molecule has 0 unspecified atom stereocenters. The van der Waals surface area contributed by atoms with Crippen LogP contribution < -0.4 is 16.1 Å². The maximum Gasteiger partial charge on any atom is 0.282 e. The number of nitrogens with zero attached hydrogens (tertiary/aromatic N) is 3. The van der Waals surface area contributed by atoms with Crippen LogP contribution in [0.15, 0.2) is 103 Å². The van der Waals surface area contributed by atoms with Gasteiger partial charge in [0.05, 0.1) is 16.6 Å². The molecule has 0 radical (unpaired) electrons. The third kappa shape index (κ3) is 4.26. The molecule has 0 atom stereocenters. The van der Waals surface area contributed by atoms with E-state index in [-0.39, 0.29) is 5.56 Å². The van der Waals surface area contributed by atoms with Gasteiger partial charge in [0.15, 0.2) is 0 Å². The van der Waals surface area contributed by atoms with E-state index < -0.39 is 0 Å². The summed E-state index contributed by atoms with van der Waals surface area (Å²) in [6.45, 7) is 8.53. The Hall–Kier alpha value is -4.44. The van der Waals surface area contributed by atoms with E-state index in [4.69, 9.17) is 5.10 Å². The number of aryl methyl sites for hydroxylation is 1. The molecule has 2 heterocycles. The Morgan fingerprint density at radius 1 is 0.943 bits per heavy atom. The van der Waals surface area contributed by atoms with Gasteiger partial charge in [0.1, 0.15) is 5.69 Å². The van der Waals surface area contributed by atoms with Gasteiger partial charge in [-0.25, -0.2) is 0 Å². The average molecular weight is 458 g/mol. The molecule has 2 aliphatic rings. The number of hydrogen-bond donors (Lipinski definition) is 0. The molecule has 3 aromatic rings. The summed E-state index contributed by atoms with van der Waals surface area (Å²) < 4.78 is 3.61. The summed E-state index contributed by atoms with van der Waals surface area (Å²) in [7, 11) is 0. The molecule has 5 rings (SSSR count). The van der Waals surface area contributed by atoms with E-state index in [1.54, 1.807) is 6.08 Å². The molecule has 0 N–H and O–H groups in total. The van der Waals surface area contributed by atoms with Gasteiger partial charge in [0.2, 0.25) is 0 Å².